The van der Waals surface area contributed by atoms with Gasteiger partial charge in [-0.1, -0.05) is 61.3 Å². The monoisotopic (exact) mass is 328 g/mol. The van der Waals surface area contributed by atoms with Crippen molar-refractivity contribution in [3.05, 3.63) is 47.5 Å². The maximum atomic E-state index is 9.90. The summed E-state index contributed by atoms with van der Waals surface area (Å²) >= 11 is 0. The Kier molecular flexibility index (Phi) is 5.53. The van der Waals surface area contributed by atoms with Crippen molar-refractivity contribution < 1.29 is 10.2 Å². The summed E-state index contributed by atoms with van der Waals surface area (Å²) in [4.78, 5) is 0. The molecule has 0 unspecified atom stereocenters. The summed E-state index contributed by atoms with van der Waals surface area (Å²) in [5, 5.41) is 22.6. The topological polar surface area (TPSA) is 40.5 Å². The van der Waals surface area contributed by atoms with Gasteiger partial charge in [-0.25, -0.2) is 0 Å². The first-order valence-corrected chi connectivity index (χ1v) is 11.0. The SMILES string of the molecule is CCC[Si](CCC)(c1ccc(O)c(C)c1)c1ccc(O)c(C)c1. The number of hydrogen-bond acceptors (Lipinski definition) is 2. The smallest absolute Gasteiger partial charge is 0.118 e. The molecule has 0 radical (unpaired) electrons. The summed E-state index contributed by atoms with van der Waals surface area (Å²) in [6.45, 7) is 8.44. The molecule has 23 heavy (non-hydrogen) atoms. The predicted molar refractivity (Wildman–Crippen MR) is 101 cm³/mol. The zero-order chi connectivity index (χ0) is 17.0. The summed E-state index contributed by atoms with van der Waals surface area (Å²) in [5.74, 6) is 0.734. The Morgan fingerprint density at radius 3 is 1.43 bits per heavy atom. The quantitative estimate of drug-likeness (QED) is 0.784. The molecule has 2 nitrogen and oxygen atoms in total. The van der Waals surface area contributed by atoms with Gasteiger partial charge in [0.2, 0.25) is 0 Å². The first-order chi connectivity index (χ1) is 10.9. The number of rotatable bonds is 6. The van der Waals surface area contributed by atoms with Crippen LogP contribution in [0.15, 0.2) is 36.4 Å². The fraction of sp³-hybridized carbons (Fsp3) is 0.400. The van der Waals surface area contributed by atoms with Gasteiger partial charge in [-0.05, 0) is 49.2 Å². The highest BCUT2D eigenvalue weighted by molar-refractivity contribution is 7.02. The van der Waals surface area contributed by atoms with Gasteiger partial charge in [0.25, 0.3) is 0 Å². The highest BCUT2D eigenvalue weighted by Gasteiger charge is 2.36. The van der Waals surface area contributed by atoms with Crippen molar-refractivity contribution in [2.75, 3.05) is 0 Å². The molecule has 0 aromatic heterocycles. The van der Waals surface area contributed by atoms with Crippen molar-refractivity contribution in [1.29, 1.82) is 0 Å². The number of benzene rings is 2. The molecule has 0 aliphatic heterocycles. The maximum absolute atomic E-state index is 9.90. The van der Waals surface area contributed by atoms with E-state index < -0.39 is 8.07 Å². The van der Waals surface area contributed by atoms with Crippen molar-refractivity contribution >= 4 is 18.4 Å². The van der Waals surface area contributed by atoms with Gasteiger partial charge in [-0.2, -0.15) is 0 Å². The van der Waals surface area contributed by atoms with Crippen LogP contribution in [0.1, 0.15) is 37.8 Å². The van der Waals surface area contributed by atoms with Crippen LogP contribution in [0.4, 0.5) is 0 Å². The maximum Gasteiger partial charge on any atom is 0.118 e. The number of aryl methyl sites for hydroxylation is 2. The van der Waals surface area contributed by atoms with E-state index in [9.17, 15) is 10.2 Å². The second-order valence-corrected chi connectivity index (χ2v) is 10.9. The van der Waals surface area contributed by atoms with E-state index in [0.29, 0.717) is 11.5 Å². The Bertz CT molecular complexity index is 620. The minimum atomic E-state index is -1.88. The van der Waals surface area contributed by atoms with Crippen LogP contribution in [0.3, 0.4) is 0 Å². The highest BCUT2D eigenvalue weighted by atomic mass is 28.3. The summed E-state index contributed by atoms with van der Waals surface area (Å²) in [6, 6.07) is 14.6. The Balaban J connectivity index is 2.66. The Labute approximate surface area is 140 Å². The van der Waals surface area contributed by atoms with Crippen molar-refractivity contribution in [3.63, 3.8) is 0 Å². The van der Waals surface area contributed by atoms with E-state index in [4.69, 9.17) is 0 Å². The zero-order valence-corrected chi connectivity index (χ0v) is 15.7. The molecular formula is C20H28O2Si. The average Bonchev–Trinajstić information content (AvgIpc) is 2.52. The van der Waals surface area contributed by atoms with Crippen LogP contribution in [-0.4, -0.2) is 18.3 Å². The van der Waals surface area contributed by atoms with Gasteiger partial charge in [0.05, 0.1) is 0 Å². The summed E-state index contributed by atoms with van der Waals surface area (Å²) < 4.78 is 0. The molecule has 0 spiro atoms. The van der Waals surface area contributed by atoms with Gasteiger partial charge in [-0.3, -0.25) is 0 Å². The van der Waals surface area contributed by atoms with E-state index in [0.717, 1.165) is 24.0 Å². The molecule has 0 aliphatic rings. The average molecular weight is 329 g/mol. The minimum Gasteiger partial charge on any atom is -0.508 e. The highest BCUT2D eigenvalue weighted by Crippen LogP contribution is 2.25. The molecule has 2 aromatic carbocycles. The molecule has 0 aliphatic carbocycles. The van der Waals surface area contributed by atoms with Gasteiger partial charge in [0.1, 0.15) is 19.6 Å². The molecule has 0 amide bonds. The molecule has 2 rings (SSSR count). The van der Waals surface area contributed by atoms with Crippen LogP contribution in [0.2, 0.25) is 12.1 Å². The van der Waals surface area contributed by atoms with Crippen LogP contribution in [0, 0.1) is 13.8 Å². The molecule has 0 saturated heterocycles. The third kappa shape index (κ3) is 3.45. The molecule has 0 atom stereocenters. The standard InChI is InChI=1S/C20H28O2Si/c1-5-11-23(12-6-2,17-7-9-19(21)15(3)13-17)18-8-10-20(22)16(4)14-18/h7-10,13-14,21-22H,5-6,11-12H2,1-4H3. The van der Waals surface area contributed by atoms with E-state index in [2.05, 4.69) is 38.1 Å². The molecule has 0 bridgehead atoms. The van der Waals surface area contributed by atoms with Crippen LogP contribution in [0.5, 0.6) is 11.5 Å². The Morgan fingerprint density at radius 1 is 0.739 bits per heavy atom. The summed E-state index contributed by atoms with van der Waals surface area (Å²) in [5.41, 5.74) is 1.89. The minimum absolute atomic E-state index is 0.367. The molecule has 2 N–H and O–H groups in total. The summed E-state index contributed by atoms with van der Waals surface area (Å²) in [6.07, 6.45) is 2.29. The van der Waals surface area contributed by atoms with Crippen LogP contribution in [-0.2, 0) is 0 Å². The van der Waals surface area contributed by atoms with E-state index in [1.807, 2.05) is 26.0 Å². The molecule has 2 aromatic rings. The fourth-order valence-electron chi connectivity index (χ4n) is 3.63. The molecular weight excluding hydrogens is 300 g/mol. The molecule has 0 saturated carbocycles. The van der Waals surface area contributed by atoms with Gasteiger partial charge < -0.3 is 10.2 Å². The number of phenolic OH excluding ortho intramolecular Hbond substituents is 2. The zero-order valence-electron chi connectivity index (χ0n) is 14.7. The number of hydrogen-bond donors (Lipinski definition) is 2. The van der Waals surface area contributed by atoms with Gasteiger partial charge in [-0.15, -0.1) is 0 Å². The van der Waals surface area contributed by atoms with Crippen molar-refractivity contribution in [3.8, 4) is 11.5 Å². The molecule has 3 heteroatoms. The Hall–Kier alpha value is -1.74. The van der Waals surface area contributed by atoms with E-state index in [1.54, 1.807) is 0 Å². The lowest BCUT2D eigenvalue weighted by Crippen LogP contribution is -2.58. The third-order valence-electron chi connectivity index (χ3n) is 4.85. The van der Waals surface area contributed by atoms with Crippen LogP contribution >= 0.6 is 0 Å². The number of phenols is 2. The van der Waals surface area contributed by atoms with E-state index in [-0.39, 0.29) is 0 Å². The van der Waals surface area contributed by atoms with Crippen molar-refractivity contribution in [2.45, 2.75) is 52.6 Å². The van der Waals surface area contributed by atoms with Crippen molar-refractivity contribution in [2.24, 2.45) is 0 Å². The molecule has 0 fully saturated rings. The van der Waals surface area contributed by atoms with E-state index >= 15 is 0 Å². The van der Waals surface area contributed by atoms with E-state index in [1.165, 1.54) is 22.5 Å². The van der Waals surface area contributed by atoms with Crippen LogP contribution < -0.4 is 10.4 Å². The molecule has 0 heterocycles. The molecule has 124 valence electrons. The lowest BCUT2D eigenvalue weighted by Gasteiger charge is -2.33. The van der Waals surface area contributed by atoms with Gasteiger partial charge in [0.15, 0.2) is 0 Å². The lowest BCUT2D eigenvalue weighted by molar-refractivity contribution is 0.471. The Morgan fingerprint density at radius 2 is 1.13 bits per heavy atom. The first-order valence-electron chi connectivity index (χ1n) is 8.54. The second kappa shape index (κ2) is 7.22. The first kappa shape index (κ1) is 17.6. The fourth-order valence-corrected chi connectivity index (χ4v) is 8.86. The number of aromatic hydroxyl groups is 2. The second-order valence-electron chi connectivity index (χ2n) is 6.58. The van der Waals surface area contributed by atoms with Crippen molar-refractivity contribution in [1.82, 2.24) is 0 Å². The predicted octanol–water partition coefficient (Wildman–Crippen LogP) is 4.10. The van der Waals surface area contributed by atoms with Gasteiger partial charge >= 0.3 is 0 Å². The van der Waals surface area contributed by atoms with Crippen LogP contribution in [0.25, 0.3) is 0 Å². The third-order valence-corrected chi connectivity index (χ3v) is 10.4. The summed E-state index contributed by atoms with van der Waals surface area (Å²) in [7, 11) is -1.88. The largest absolute Gasteiger partial charge is 0.508 e. The normalized spacial score (nSPS) is 11.7. The van der Waals surface area contributed by atoms with Gasteiger partial charge in [0, 0.05) is 0 Å². The lowest BCUT2D eigenvalue weighted by atomic mass is 10.2.